The number of rotatable bonds is 7. The highest BCUT2D eigenvalue weighted by molar-refractivity contribution is 7.92. The van der Waals surface area contributed by atoms with Crippen molar-refractivity contribution in [3.8, 4) is 0 Å². The van der Waals surface area contributed by atoms with Crippen LogP contribution in [0.15, 0.2) is 64.6 Å². The third-order valence-corrected chi connectivity index (χ3v) is 5.84. The molecule has 0 heterocycles. The smallest absolute Gasteiger partial charge is 0.279 e. The van der Waals surface area contributed by atoms with Gasteiger partial charge in [0.25, 0.3) is 15.7 Å². The van der Waals surface area contributed by atoms with E-state index in [2.05, 4.69) is 15.2 Å². The fraction of sp³-hybridized carbons (Fsp3) is 0.0952. The van der Waals surface area contributed by atoms with E-state index in [1.165, 1.54) is 6.07 Å². The molecule has 0 saturated heterocycles. The SMILES string of the molecule is Cc1ccc(NS(=O)(=O)c2ccc(N/N=C\c3c(F)cccc3F)c([N+](=O)[O-])c2)c(C)c1. The molecular formula is C21H18F2N4O4S. The molecule has 0 aliphatic heterocycles. The number of nitro groups is 1. The Morgan fingerprint density at radius 2 is 1.66 bits per heavy atom. The van der Waals surface area contributed by atoms with E-state index in [0.29, 0.717) is 11.3 Å². The van der Waals surface area contributed by atoms with E-state index >= 15 is 0 Å². The Bertz CT molecular complexity index is 1310. The van der Waals surface area contributed by atoms with Crippen LogP contribution in [0.1, 0.15) is 16.7 Å². The summed E-state index contributed by atoms with van der Waals surface area (Å²) in [5.41, 5.74) is 3.13. The fourth-order valence-corrected chi connectivity index (χ4v) is 4.01. The highest BCUT2D eigenvalue weighted by Crippen LogP contribution is 2.29. The van der Waals surface area contributed by atoms with Gasteiger partial charge >= 0.3 is 0 Å². The molecule has 8 nitrogen and oxygen atoms in total. The molecule has 0 saturated carbocycles. The summed E-state index contributed by atoms with van der Waals surface area (Å²) in [5, 5.41) is 15.1. The van der Waals surface area contributed by atoms with E-state index in [1.807, 2.05) is 6.92 Å². The molecule has 0 aromatic heterocycles. The minimum atomic E-state index is -4.12. The third-order valence-electron chi connectivity index (χ3n) is 4.48. The second kappa shape index (κ2) is 9.10. The van der Waals surface area contributed by atoms with Crippen LogP contribution in [0.25, 0.3) is 0 Å². The summed E-state index contributed by atoms with van der Waals surface area (Å²) in [6.07, 6.45) is 0.834. The predicted molar refractivity (Wildman–Crippen MR) is 117 cm³/mol. The van der Waals surface area contributed by atoms with Gasteiger partial charge < -0.3 is 0 Å². The molecule has 0 atom stereocenters. The molecule has 0 radical (unpaired) electrons. The van der Waals surface area contributed by atoms with Gasteiger partial charge in [-0.05, 0) is 49.7 Å². The number of nitrogens with one attached hydrogen (secondary N) is 2. The summed E-state index contributed by atoms with van der Waals surface area (Å²) in [7, 11) is -4.12. The first kappa shape index (κ1) is 22.8. The molecule has 3 aromatic carbocycles. The van der Waals surface area contributed by atoms with Crippen molar-refractivity contribution in [2.45, 2.75) is 18.7 Å². The Morgan fingerprint density at radius 1 is 1.00 bits per heavy atom. The number of hydrogen-bond donors (Lipinski definition) is 2. The Kier molecular flexibility index (Phi) is 6.49. The number of sulfonamides is 1. The summed E-state index contributed by atoms with van der Waals surface area (Å²) < 4.78 is 55.2. The van der Waals surface area contributed by atoms with Gasteiger partial charge in [0.05, 0.1) is 27.3 Å². The average Bonchev–Trinajstić information content (AvgIpc) is 2.72. The van der Waals surface area contributed by atoms with Crippen LogP contribution in [-0.2, 0) is 10.0 Å². The number of halogens is 2. The predicted octanol–water partition coefficient (Wildman–Crippen LogP) is 4.74. The number of nitrogens with zero attached hydrogens (tertiary/aromatic N) is 2. The van der Waals surface area contributed by atoms with Gasteiger partial charge in [-0.25, -0.2) is 17.2 Å². The first-order valence-corrected chi connectivity index (χ1v) is 10.7. The lowest BCUT2D eigenvalue weighted by Crippen LogP contribution is -2.14. The quantitative estimate of drug-likeness (QED) is 0.300. The summed E-state index contributed by atoms with van der Waals surface area (Å²) in [5.74, 6) is -1.71. The first-order chi connectivity index (χ1) is 15.1. The number of anilines is 2. The summed E-state index contributed by atoms with van der Waals surface area (Å²) in [4.78, 5) is 10.3. The minimum Gasteiger partial charge on any atom is -0.279 e. The van der Waals surface area contributed by atoms with Gasteiger partial charge in [0.2, 0.25) is 0 Å². The van der Waals surface area contributed by atoms with Gasteiger partial charge in [0, 0.05) is 6.07 Å². The zero-order valence-electron chi connectivity index (χ0n) is 17.0. The largest absolute Gasteiger partial charge is 0.295 e. The summed E-state index contributed by atoms with van der Waals surface area (Å²) >= 11 is 0. The topological polar surface area (TPSA) is 114 Å². The van der Waals surface area contributed by atoms with E-state index in [-0.39, 0.29) is 10.6 Å². The first-order valence-electron chi connectivity index (χ1n) is 9.20. The molecule has 32 heavy (non-hydrogen) atoms. The van der Waals surface area contributed by atoms with Gasteiger partial charge in [-0.3, -0.25) is 20.3 Å². The molecule has 0 aliphatic rings. The van der Waals surface area contributed by atoms with Crippen molar-refractivity contribution in [3.05, 3.63) is 93.0 Å². The maximum Gasteiger partial charge on any atom is 0.295 e. The van der Waals surface area contributed by atoms with Crippen molar-refractivity contribution >= 4 is 33.3 Å². The van der Waals surface area contributed by atoms with Crippen LogP contribution in [-0.4, -0.2) is 19.6 Å². The fourth-order valence-electron chi connectivity index (χ4n) is 2.86. The van der Waals surface area contributed by atoms with Crippen LogP contribution in [0.3, 0.4) is 0 Å². The lowest BCUT2D eigenvalue weighted by atomic mass is 10.1. The Labute approximate surface area is 182 Å². The highest BCUT2D eigenvalue weighted by Gasteiger charge is 2.22. The second-order valence-electron chi connectivity index (χ2n) is 6.87. The van der Waals surface area contributed by atoms with Crippen LogP contribution < -0.4 is 10.1 Å². The van der Waals surface area contributed by atoms with Crippen LogP contribution in [0.2, 0.25) is 0 Å². The van der Waals surface area contributed by atoms with Crippen molar-refractivity contribution < 1.29 is 22.1 Å². The Morgan fingerprint density at radius 3 is 2.28 bits per heavy atom. The van der Waals surface area contributed by atoms with Crippen molar-refractivity contribution in [3.63, 3.8) is 0 Å². The maximum atomic E-state index is 13.7. The van der Waals surface area contributed by atoms with E-state index in [9.17, 15) is 27.3 Å². The lowest BCUT2D eigenvalue weighted by molar-refractivity contribution is -0.384. The average molecular weight is 460 g/mol. The van der Waals surface area contributed by atoms with Crippen LogP contribution in [0, 0.1) is 35.6 Å². The summed E-state index contributed by atoms with van der Waals surface area (Å²) in [6, 6.07) is 11.6. The van der Waals surface area contributed by atoms with Gasteiger partial charge in [-0.1, -0.05) is 23.8 Å². The molecule has 0 fully saturated rings. The van der Waals surface area contributed by atoms with Crippen LogP contribution in [0.5, 0.6) is 0 Å². The minimum absolute atomic E-state index is 0.159. The number of benzene rings is 3. The molecule has 3 rings (SSSR count). The molecule has 2 N–H and O–H groups in total. The van der Waals surface area contributed by atoms with E-state index < -0.39 is 37.8 Å². The van der Waals surface area contributed by atoms with Crippen molar-refractivity contribution in [1.82, 2.24) is 0 Å². The van der Waals surface area contributed by atoms with Crippen LogP contribution >= 0.6 is 0 Å². The standard InChI is InChI=1S/C21H18F2N4O4S/c1-13-6-8-19(14(2)10-13)26-32(30,31)15-7-9-20(21(11-15)27(28)29)25-24-12-16-17(22)4-3-5-18(16)23/h3-12,25-26H,1-2H3/b24-12-. The van der Waals surface area contributed by atoms with Crippen molar-refractivity contribution in [2.24, 2.45) is 5.10 Å². The third kappa shape index (κ3) is 5.06. The number of aryl methyl sites for hydroxylation is 2. The molecular weight excluding hydrogens is 442 g/mol. The monoisotopic (exact) mass is 460 g/mol. The van der Waals surface area contributed by atoms with E-state index in [0.717, 1.165) is 42.1 Å². The van der Waals surface area contributed by atoms with Crippen LogP contribution in [0.4, 0.5) is 25.8 Å². The molecule has 3 aromatic rings. The zero-order valence-corrected chi connectivity index (χ0v) is 17.8. The number of nitro benzene ring substituents is 1. The van der Waals surface area contributed by atoms with E-state index in [4.69, 9.17) is 0 Å². The molecule has 11 heteroatoms. The maximum absolute atomic E-state index is 13.7. The molecule has 0 aliphatic carbocycles. The lowest BCUT2D eigenvalue weighted by Gasteiger charge is -2.12. The van der Waals surface area contributed by atoms with E-state index in [1.54, 1.807) is 25.1 Å². The molecule has 0 spiro atoms. The van der Waals surface area contributed by atoms with Gasteiger partial charge in [0.15, 0.2) is 0 Å². The van der Waals surface area contributed by atoms with Gasteiger partial charge in [-0.2, -0.15) is 5.10 Å². The number of hydrazone groups is 1. The van der Waals surface area contributed by atoms with Crippen molar-refractivity contribution in [1.29, 1.82) is 0 Å². The van der Waals surface area contributed by atoms with Gasteiger partial charge in [0.1, 0.15) is 17.3 Å². The second-order valence-corrected chi connectivity index (χ2v) is 8.55. The van der Waals surface area contributed by atoms with Crippen molar-refractivity contribution in [2.75, 3.05) is 10.1 Å². The zero-order chi connectivity index (χ0) is 23.5. The molecule has 166 valence electrons. The normalized spacial score (nSPS) is 11.5. The molecule has 0 bridgehead atoms. The molecule has 0 amide bonds. The Balaban J connectivity index is 1.88. The molecule has 0 unspecified atom stereocenters. The van der Waals surface area contributed by atoms with Gasteiger partial charge in [-0.15, -0.1) is 0 Å². The highest BCUT2D eigenvalue weighted by atomic mass is 32.2. The summed E-state index contributed by atoms with van der Waals surface area (Å²) in [6.45, 7) is 3.60. The Hall–Kier alpha value is -3.86. The number of hydrogen-bond acceptors (Lipinski definition) is 6.